The van der Waals surface area contributed by atoms with Crippen LogP contribution in [-0.2, 0) is 26.2 Å². The van der Waals surface area contributed by atoms with E-state index in [1.54, 1.807) is 36.4 Å². The number of carbonyl (C=O) groups excluding carboxylic acids is 2. The minimum Gasteiger partial charge on any atom is -0.352 e. The van der Waals surface area contributed by atoms with Gasteiger partial charge in [-0.1, -0.05) is 49.9 Å². The molecule has 36 heavy (non-hydrogen) atoms. The van der Waals surface area contributed by atoms with Gasteiger partial charge in [-0.2, -0.15) is 0 Å². The Hall–Kier alpha value is -1.85. The Morgan fingerprint density at radius 2 is 1.67 bits per heavy atom. The number of halogens is 2. The largest absolute Gasteiger partial charge is 0.352 e. The van der Waals surface area contributed by atoms with E-state index in [9.17, 15) is 18.0 Å². The van der Waals surface area contributed by atoms with Crippen molar-refractivity contribution in [3.05, 3.63) is 62.7 Å². The summed E-state index contributed by atoms with van der Waals surface area (Å²) in [5.41, 5.74) is 1.20. The van der Waals surface area contributed by atoms with Crippen molar-refractivity contribution < 1.29 is 18.0 Å². The molecule has 1 aliphatic rings. The number of carbonyl (C=O) groups is 2. The van der Waals surface area contributed by atoms with Gasteiger partial charge in [0.1, 0.15) is 12.6 Å². The zero-order chi connectivity index (χ0) is 26.3. The van der Waals surface area contributed by atoms with Gasteiger partial charge in [0.05, 0.1) is 11.9 Å². The Morgan fingerprint density at radius 3 is 2.22 bits per heavy atom. The maximum absolute atomic E-state index is 13.7. The smallest absolute Gasteiger partial charge is 0.244 e. The lowest BCUT2D eigenvalue weighted by Crippen LogP contribution is -2.53. The van der Waals surface area contributed by atoms with Crippen molar-refractivity contribution in [1.82, 2.24) is 10.2 Å². The van der Waals surface area contributed by atoms with Crippen molar-refractivity contribution >= 4 is 61.7 Å². The van der Waals surface area contributed by atoms with Gasteiger partial charge in [0.25, 0.3) is 0 Å². The molecule has 0 bridgehead atoms. The molecule has 0 heterocycles. The Labute approximate surface area is 232 Å². The maximum Gasteiger partial charge on any atom is 0.244 e. The summed E-state index contributed by atoms with van der Waals surface area (Å²) < 4.78 is 27.4. The van der Waals surface area contributed by atoms with Crippen molar-refractivity contribution in [2.24, 2.45) is 0 Å². The van der Waals surface area contributed by atoms with Gasteiger partial charge in [-0.15, -0.1) is 0 Å². The Kier molecular flexibility index (Phi) is 10.4. The first-order valence-corrected chi connectivity index (χ1v) is 15.5. The summed E-state index contributed by atoms with van der Waals surface area (Å²) in [6.07, 6.45) is 6.67. The molecule has 1 aliphatic carbocycles. The van der Waals surface area contributed by atoms with Crippen LogP contribution in [0.5, 0.6) is 0 Å². The fourth-order valence-electron chi connectivity index (χ4n) is 4.47. The van der Waals surface area contributed by atoms with E-state index in [4.69, 9.17) is 11.6 Å². The molecule has 2 aromatic carbocycles. The lowest BCUT2D eigenvalue weighted by Gasteiger charge is -2.34. The lowest BCUT2D eigenvalue weighted by molar-refractivity contribution is -0.140. The van der Waals surface area contributed by atoms with Crippen molar-refractivity contribution in [2.75, 3.05) is 17.1 Å². The minimum atomic E-state index is -3.75. The van der Waals surface area contributed by atoms with Crippen LogP contribution in [0.3, 0.4) is 0 Å². The van der Waals surface area contributed by atoms with Crippen LogP contribution < -0.4 is 9.62 Å². The molecule has 0 saturated heterocycles. The lowest BCUT2D eigenvalue weighted by atomic mass is 9.95. The second kappa shape index (κ2) is 13.1. The fraction of sp³-hybridized carbons (Fsp3) is 0.462. The van der Waals surface area contributed by atoms with Gasteiger partial charge in [-0.3, -0.25) is 13.9 Å². The molecule has 1 saturated carbocycles. The van der Waals surface area contributed by atoms with Crippen LogP contribution in [0.4, 0.5) is 5.69 Å². The molecule has 1 fully saturated rings. The highest BCUT2D eigenvalue weighted by atomic mass is 127. The van der Waals surface area contributed by atoms with Gasteiger partial charge in [-0.25, -0.2) is 8.42 Å². The predicted molar refractivity (Wildman–Crippen MR) is 152 cm³/mol. The molecule has 0 aliphatic heterocycles. The van der Waals surface area contributed by atoms with Crippen LogP contribution in [0.15, 0.2) is 48.5 Å². The number of amides is 2. The van der Waals surface area contributed by atoms with E-state index in [1.165, 1.54) is 11.3 Å². The average molecular weight is 646 g/mol. The molecule has 0 radical (unpaired) electrons. The summed E-state index contributed by atoms with van der Waals surface area (Å²) in [5.74, 6) is -0.647. The van der Waals surface area contributed by atoms with Gasteiger partial charge < -0.3 is 10.2 Å². The molecule has 7 nitrogen and oxygen atoms in total. The minimum absolute atomic E-state index is 0.104. The number of nitrogens with one attached hydrogen (secondary N) is 1. The van der Waals surface area contributed by atoms with Gasteiger partial charge in [0.2, 0.25) is 21.8 Å². The number of rotatable bonds is 10. The van der Waals surface area contributed by atoms with E-state index in [0.29, 0.717) is 17.1 Å². The summed E-state index contributed by atoms with van der Waals surface area (Å²) in [5, 5.41) is 3.71. The normalized spacial score (nSPS) is 15.2. The molecule has 2 amide bonds. The molecule has 2 aromatic rings. The Morgan fingerprint density at radius 1 is 1.06 bits per heavy atom. The SMILES string of the molecule is CC[C@H](C(=O)NC1CCCCC1)N(Cc1ccc(Cl)cc1)C(=O)CN(c1ccc(I)cc1)S(C)(=O)=O. The monoisotopic (exact) mass is 645 g/mol. The number of hydrogen-bond acceptors (Lipinski definition) is 4. The zero-order valence-corrected chi connectivity index (χ0v) is 24.4. The van der Waals surface area contributed by atoms with E-state index >= 15 is 0 Å². The third-order valence-corrected chi connectivity index (χ3v) is 8.51. The van der Waals surface area contributed by atoms with E-state index in [-0.39, 0.29) is 18.5 Å². The Balaban J connectivity index is 1.89. The molecule has 0 spiro atoms. The van der Waals surface area contributed by atoms with Crippen LogP contribution in [-0.4, -0.2) is 50.0 Å². The van der Waals surface area contributed by atoms with Gasteiger partial charge in [0, 0.05) is 21.2 Å². The number of hydrogen-bond donors (Lipinski definition) is 1. The standard InChI is InChI=1S/C26H33ClIN3O4S/c1-3-24(26(33)29-22-7-5-4-6-8-22)30(17-19-9-11-20(27)12-10-19)25(32)18-31(36(2,34)35)23-15-13-21(28)14-16-23/h9-16,22,24H,3-8,17-18H2,1-2H3,(H,29,33)/t24-/m1/s1. The molecular formula is C26H33ClIN3O4S. The van der Waals surface area contributed by atoms with Crippen molar-refractivity contribution in [3.8, 4) is 0 Å². The van der Waals surface area contributed by atoms with E-state index in [2.05, 4.69) is 27.9 Å². The Bertz CT molecular complexity index is 1140. The van der Waals surface area contributed by atoms with Crippen LogP contribution >= 0.6 is 34.2 Å². The first kappa shape index (κ1) is 28.7. The van der Waals surface area contributed by atoms with Crippen molar-refractivity contribution in [3.63, 3.8) is 0 Å². The fourth-order valence-corrected chi connectivity index (χ4v) is 5.81. The van der Waals surface area contributed by atoms with Gasteiger partial charge in [-0.05, 0) is 83.8 Å². The predicted octanol–water partition coefficient (Wildman–Crippen LogP) is 4.97. The number of sulfonamides is 1. The molecule has 1 atom stereocenters. The van der Waals surface area contributed by atoms with Crippen LogP contribution in [0.2, 0.25) is 5.02 Å². The number of benzene rings is 2. The molecule has 3 rings (SSSR count). The average Bonchev–Trinajstić information content (AvgIpc) is 2.84. The van der Waals surface area contributed by atoms with Crippen molar-refractivity contribution in [1.29, 1.82) is 0 Å². The topological polar surface area (TPSA) is 86.8 Å². The first-order valence-electron chi connectivity index (χ1n) is 12.2. The quantitative estimate of drug-likeness (QED) is 0.370. The summed E-state index contributed by atoms with van der Waals surface area (Å²) in [6.45, 7) is 1.62. The molecule has 0 aromatic heterocycles. The number of anilines is 1. The van der Waals surface area contributed by atoms with Crippen LogP contribution in [0, 0.1) is 3.57 Å². The molecular weight excluding hydrogens is 613 g/mol. The van der Waals surface area contributed by atoms with Gasteiger partial charge in [0.15, 0.2) is 0 Å². The third kappa shape index (κ3) is 8.08. The molecule has 0 unspecified atom stereocenters. The summed E-state index contributed by atoms with van der Waals surface area (Å²) in [7, 11) is -3.75. The molecule has 1 N–H and O–H groups in total. The van der Waals surface area contributed by atoms with E-state index in [1.807, 2.05) is 19.1 Å². The first-order chi connectivity index (χ1) is 17.1. The maximum atomic E-state index is 13.7. The third-order valence-electron chi connectivity index (χ3n) is 6.40. The summed E-state index contributed by atoms with van der Waals surface area (Å²) >= 11 is 8.18. The van der Waals surface area contributed by atoms with Crippen molar-refractivity contribution in [2.45, 2.75) is 64.1 Å². The number of nitrogens with zero attached hydrogens (tertiary/aromatic N) is 2. The van der Waals surface area contributed by atoms with Crippen LogP contribution in [0.1, 0.15) is 51.0 Å². The second-order valence-corrected chi connectivity index (χ2v) is 12.8. The summed E-state index contributed by atoms with van der Waals surface area (Å²) in [6, 6.07) is 13.4. The highest BCUT2D eigenvalue weighted by molar-refractivity contribution is 14.1. The van der Waals surface area contributed by atoms with Crippen LogP contribution in [0.25, 0.3) is 0 Å². The highest BCUT2D eigenvalue weighted by Gasteiger charge is 2.32. The second-order valence-electron chi connectivity index (χ2n) is 9.16. The van der Waals surface area contributed by atoms with E-state index < -0.39 is 28.5 Å². The molecule has 196 valence electrons. The van der Waals surface area contributed by atoms with E-state index in [0.717, 1.165) is 45.4 Å². The highest BCUT2D eigenvalue weighted by Crippen LogP contribution is 2.22. The zero-order valence-electron chi connectivity index (χ0n) is 20.6. The molecule has 10 heteroatoms. The summed E-state index contributed by atoms with van der Waals surface area (Å²) in [4.78, 5) is 28.6. The van der Waals surface area contributed by atoms with Gasteiger partial charge >= 0.3 is 0 Å².